The Morgan fingerprint density at radius 1 is 1.44 bits per heavy atom. The van der Waals surface area contributed by atoms with Crippen molar-refractivity contribution in [1.82, 2.24) is 10.6 Å². The average Bonchev–Trinajstić information content (AvgIpc) is 2.91. The van der Waals surface area contributed by atoms with E-state index in [1.54, 1.807) is 7.05 Å². The molecule has 0 radical (unpaired) electrons. The summed E-state index contributed by atoms with van der Waals surface area (Å²) in [7, 11) is 0.962. The summed E-state index contributed by atoms with van der Waals surface area (Å²) < 4.78 is 11.7. The molecule has 18 heavy (non-hydrogen) atoms. The predicted molar refractivity (Wildman–Crippen MR) is 90.2 cm³/mol. The zero-order chi connectivity index (χ0) is 13.1. The summed E-state index contributed by atoms with van der Waals surface area (Å²) in [5, 5.41) is 6.55. The molecule has 6 heteroatoms. The molecular formula is C12H26IN3OS. The summed E-state index contributed by atoms with van der Waals surface area (Å²) in [5.41, 5.74) is 0. The number of hydrogen-bond donors (Lipinski definition) is 2. The van der Waals surface area contributed by atoms with E-state index in [-0.39, 0.29) is 28.7 Å². The van der Waals surface area contributed by atoms with Crippen LogP contribution in [0.2, 0.25) is 0 Å². The van der Waals surface area contributed by atoms with Crippen molar-refractivity contribution in [1.29, 1.82) is 0 Å². The number of halogens is 1. The van der Waals surface area contributed by atoms with Crippen molar-refractivity contribution >= 4 is 40.7 Å². The Bertz CT molecular complexity index is 315. The lowest BCUT2D eigenvalue weighted by atomic mass is 10.3. The Labute approximate surface area is 130 Å². The molecule has 0 heterocycles. The highest BCUT2D eigenvalue weighted by Crippen LogP contribution is 2.28. The number of aliphatic imine (C=N–C) groups is 1. The van der Waals surface area contributed by atoms with Gasteiger partial charge in [0.1, 0.15) is 0 Å². The van der Waals surface area contributed by atoms with Crippen LogP contribution < -0.4 is 10.6 Å². The lowest BCUT2D eigenvalue weighted by molar-refractivity contribution is 0.646. The van der Waals surface area contributed by atoms with Gasteiger partial charge in [-0.25, -0.2) is 0 Å². The third-order valence-corrected chi connectivity index (χ3v) is 4.86. The van der Waals surface area contributed by atoms with Gasteiger partial charge < -0.3 is 10.6 Å². The van der Waals surface area contributed by atoms with Crippen molar-refractivity contribution in [2.75, 3.05) is 19.3 Å². The standard InChI is InChI=1S/C12H25N3OS.HI/c1-9-8-10(9)15-11(13-5)14-6-7-17(16)12(2,3)4;/h9-10H,6-8H2,1-5H3,(H2,13,14,15);1H. The summed E-state index contributed by atoms with van der Waals surface area (Å²) >= 11 is 0. The first kappa shape index (κ1) is 18.1. The van der Waals surface area contributed by atoms with Gasteiger partial charge in [-0.05, 0) is 33.1 Å². The molecule has 0 amide bonds. The topological polar surface area (TPSA) is 53.5 Å². The fraction of sp³-hybridized carbons (Fsp3) is 0.917. The predicted octanol–water partition coefficient (Wildman–Crippen LogP) is 1.72. The Kier molecular flexibility index (Phi) is 7.73. The number of hydrogen-bond acceptors (Lipinski definition) is 2. The Balaban J connectivity index is 0.00000289. The normalized spacial score (nSPS) is 25.1. The van der Waals surface area contributed by atoms with E-state index in [9.17, 15) is 4.21 Å². The van der Waals surface area contributed by atoms with E-state index in [1.807, 2.05) is 20.8 Å². The molecule has 0 aromatic rings. The van der Waals surface area contributed by atoms with E-state index in [4.69, 9.17) is 0 Å². The summed E-state index contributed by atoms with van der Waals surface area (Å²) in [6, 6.07) is 0.564. The lowest BCUT2D eigenvalue weighted by Gasteiger charge is -2.18. The molecule has 1 aliphatic carbocycles. The van der Waals surface area contributed by atoms with Gasteiger partial charge in [0.2, 0.25) is 0 Å². The molecule has 1 aliphatic rings. The Morgan fingerprint density at radius 2 is 2.00 bits per heavy atom. The van der Waals surface area contributed by atoms with E-state index in [2.05, 4.69) is 22.5 Å². The summed E-state index contributed by atoms with van der Waals surface area (Å²) in [4.78, 5) is 4.16. The molecule has 108 valence electrons. The lowest BCUT2D eigenvalue weighted by Crippen LogP contribution is -2.41. The van der Waals surface area contributed by atoms with Crippen molar-refractivity contribution in [3.05, 3.63) is 0 Å². The fourth-order valence-electron chi connectivity index (χ4n) is 1.46. The first-order valence-electron chi connectivity index (χ1n) is 6.20. The van der Waals surface area contributed by atoms with Crippen molar-refractivity contribution < 1.29 is 4.21 Å². The third-order valence-electron chi connectivity index (χ3n) is 2.92. The van der Waals surface area contributed by atoms with Crippen molar-refractivity contribution in [3.63, 3.8) is 0 Å². The highest BCUT2D eigenvalue weighted by atomic mass is 127. The van der Waals surface area contributed by atoms with E-state index in [1.165, 1.54) is 6.42 Å². The van der Waals surface area contributed by atoms with E-state index < -0.39 is 10.8 Å². The number of guanidine groups is 1. The molecule has 0 saturated heterocycles. The van der Waals surface area contributed by atoms with Gasteiger partial charge in [0.05, 0.1) is 0 Å². The van der Waals surface area contributed by atoms with Crippen LogP contribution in [0.5, 0.6) is 0 Å². The minimum Gasteiger partial charge on any atom is -0.355 e. The van der Waals surface area contributed by atoms with Crippen LogP contribution >= 0.6 is 24.0 Å². The van der Waals surface area contributed by atoms with Gasteiger partial charge in [-0.3, -0.25) is 9.20 Å². The van der Waals surface area contributed by atoms with Crippen LogP contribution in [0.3, 0.4) is 0 Å². The number of rotatable bonds is 4. The van der Waals surface area contributed by atoms with Crippen LogP contribution in [0, 0.1) is 5.92 Å². The van der Waals surface area contributed by atoms with Crippen LogP contribution in [-0.2, 0) is 10.8 Å². The van der Waals surface area contributed by atoms with Gasteiger partial charge in [-0.15, -0.1) is 24.0 Å². The smallest absolute Gasteiger partial charge is 0.191 e. The molecule has 0 aliphatic heterocycles. The second-order valence-corrected chi connectivity index (χ2v) is 7.95. The van der Waals surface area contributed by atoms with E-state index >= 15 is 0 Å². The monoisotopic (exact) mass is 387 g/mol. The van der Waals surface area contributed by atoms with Crippen LogP contribution in [0.15, 0.2) is 4.99 Å². The largest absolute Gasteiger partial charge is 0.355 e. The average molecular weight is 387 g/mol. The number of nitrogens with one attached hydrogen (secondary N) is 2. The molecule has 0 spiro atoms. The first-order chi connectivity index (χ1) is 7.84. The van der Waals surface area contributed by atoms with Crippen LogP contribution in [0.4, 0.5) is 0 Å². The molecule has 0 aromatic carbocycles. The second-order valence-electron chi connectivity index (χ2n) is 5.62. The number of nitrogens with zero attached hydrogens (tertiary/aromatic N) is 1. The van der Waals surface area contributed by atoms with Gasteiger partial charge in [0.15, 0.2) is 5.96 Å². The maximum Gasteiger partial charge on any atom is 0.191 e. The van der Waals surface area contributed by atoms with Gasteiger partial charge in [-0.1, -0.05) is 6.92 Å². The molecule has 4 nitrogen and oxygen atoms in total. The molecule has 0 aromatic heterocycles. The highest BCUT2D eigenvalue weighted by molar-refractivity contribution is 14.0. The zero-order valence-electron chi connectivity index (χ0n) is 11.9. The molecule has 3 atom stereocenters. The van der Waals surface area contributed by atoms with Crippen LogP contribution in [-0.4, -0.2) is 40.3 Å². The molecule has 1 saturated carbocycles. The van der Waals surface area contributed by atoms with Gasteiger partial charge >= 0.3 is 0 Å². The molecule has 1 rings (SSSR count). The first-order valence-corrected chi connectivity index (χ1v) is 7.52. The fourth-order valence-corrected chi connectivity index (χ4v) is 2.36. The third kappa shape index (κ3) is 6.36. The van der Waals surface area contributed by atoms with E-state index in [0.717, 1.165) is 11.9 Å². The summed E-state index contributed by atoms with van der Waals surface area (Å²) in [6.45, 7) is 8.93. The second kappa shape index (κ2) is 7.67. The molecular weight excluding hydrogens is 361 g/mol. The van der Waals surface area contributed by atoms with Crippen LogP contribution in [0.25, 0.3) is 0 Å². The minimum atomic E-state index is -0.805. The Morgan fingerprint density at radius 3 is 2.39 bits per heavy atom. The highest BCUT2D eigenvalue weighted by Gasteiger charge is 2.33. The zero-order valence-corrected chi connectivity index (χ0v) is 15.1. The van der Waals surface area contributed by atoms with Gasteiger partial charge in [-0.2, -0.15) is 0 Å². The maximum absolute atomic E-state index is 11.8. The van der Waals surface area contributed by atoms with Crippen molar-refractivity contribution in [3.8, 4) is 0 Å². The SMILES string of the molecule is CN=C(NCCS(=O)C(C)(C)C)NC1CC1C.I. The molecule has 3 unspecified atom stereocenters. The van der Waals surface area contributed by atoms with Gasteiger partial charge in [0, 0.05) is 40.9 Å². The summed E-state index contributed by atoms with van der Waals surface area (Å²) in [5.74, 6) is 2.23. The molecule has 2 N–H and O–H groups in total. The summed E-state index contributed by atoms with van der Waals surface area (Å²) in [6.07, 6.45) is 1.22. The Hall–Kier alpha value is 0.150. The molecule has 0 bridgehead atoms. The molecule has 1 fully saturated rings. The quantitative estimate of drug-likeness (QED) is 0.439. The minimum absolute atomic E-state index is 0. The van der Waals surface area contributed by atoms with Crippen molar-refractivity contribution in [2.45, 2.75) is 44.9 Å². The van der Waals surface area contributed by atoms with Gasteiger partial charge in [0.25, 0.3) is 0 Å². The maximum atomic E-state index is 11.8. The van der Waals surface area contributed by atoms with Crippen LogP contribution in [0.1, 0.15) is 34.1 Å². The van der Waals surface area contributed by atoms with Crippen molar-refractivity contribution in [2.24, 2.45) is 10.9 Å². The van der Waals surface area contributed by atoms with E-state index in [0.29, 0.717) is 18.3 Å².